The molecule has 0 aromatic carbocycles. The summed E-state index contributed by atoms with van der Waals surface area (Å²) in [6, 6.07) is 0. The number of hydrogen-bond acceptors (Lipinski definition) is 4. The van der Waals surface area contributed by atoms with Crippen molar-refractivity contribution in [2.24, 2.45) is 10.8 Å². The van der Waals surface area contributed by atoms with Crippen LogP contribution < -0.4 is 0 Å². The number of hydrogen-bond donors (Lipinski definition) is 0. The summed E-state index contributed by atoms with van der Waals surface area (Å²) in [6.45, 7) is 4.92. The van der Waals surface area contributed by atoms with Gasteiger partial charge in [-0.05, 0) is 18.3 Å². The van der Waals surface area contributed by atoms with E-state index in [0.717, 1.165) is 12.8 Å². The van der Waals surface area contributed by atoms with E-state index in [1.807, 2.05) is 0 Å². The van der Waals surface area contributed by atoms with E-state index in [1.165, 1.54) is 0 Å². The van der Waals surface area contributed by atoms with Crippen LogP contribution >= 0.6 is 0 Å². The van der Waals surface area contributed by atoms with Crippen LogP contribution in [-0.4, -0.2) is 21.6 Å². The molecule has 76 valence electrons. The first-order valence-corrected chi connectivity index (χ1v) is 5.70. The van der Waals surface area contributed by atoms with E-state index >= 15 is 0 Å². The second kappa shape index (κ2) is 2.46. The van der Waals surface area contributed by atoms with Crippen LogP contribution in [0.2, 0.25) is 0 Å². The summed E-state index contributed by atoms with van der Waals surface area (Å²) in [7, 11) is -3.67. The summed E-state index contributed by atoms with van der Waals surface area (Å²) in [4.78, 5) is 0. The first kappa shape index (κ1) is 9.43. The van der Waals surface area contributed by atoms with E-state index in [-0.39, 0.29) is 5.41 Å². The predicted octanol–water partition coefficient (Wildman–Crippen LogP) is 1.08. The lowest BCUT2D eigenvalue weighted by atomic mass is 9.55. The minimum absolute atomic E-state index is 0.0329. The first-order valence-electron chi connectivity index (χ1n) is 4.37. The summed E-state index contributed by atoms with van der Waals surface area (Å²) in [5.41, 5.74) is 0.280. The minimum atomic E-state index is -3.67. The molecule has 1 aliphatic carbocycles. The molecule has 1 saturated carbocycles. The number of rotatable bonds is 0. The summed E-state index contributed by atoms with van der Waals surface area (Å²) in [5.74, 6) is 0. The third-order valence-corrected chi connectivity index (χ3v) is 3.54. The quantitative estimate of drug-likeness (QED) is 0.595. The van der Waals surface area contributed by atoms with Crippen LogP contribution in [0.15, 0.2) is 0 Å². The van der Waals surface area contributed by atoms with Crippen molar-refractivity contribution in [1.82, 2.24) is 0 Å². The largest absolute Gasteiger partial charge is 0.399 e. The first-order chi connectivity index (χ1) is 5.83. The summed E-state index contributed by atoms with van der Waals surface area (Å²) in [6.07, 6.45) is 1.96. The maximum atomic E-state index is 10.8. The highest BCUT2D eigenvalue weighted by molar-refractivity contribution is 7.81. The van der Waals surface area contributed by atoms with Crippen molar-refractivity contribution in [3.05, 3.63) is 0 Å². The average Bonchev–Trinajstić information content (AvgIpc) is 1.92. The van der Waals surface area contributed by atoms with Crippen LogP contribution in [0.25, 0.3) is 0 Å². The SMILES string of the molecule is CC1(C)CC2(COS(=O)(=O)OC2)C1. The molecule has 0 unspecified atom stereocenters. The molecule has 0 aromatic rings. The van der Waals surface area contributed by atoms with Crippen molar-refractivity contribution in [2.45, 2.75) is 26.7 Å². The van der Waals surface area contributed by atoms with Crippen molar-refractivity contribution < 1.29 is 16.8 Å². The van der Waals surface area contributed by atoms with E-state index in [1.54, 1.807) is 0 Å². The van der Waals surface area contributed by atoms with E-state index in [4.69, 9.17) is 0 Å². The molecule has 0 amide bonds. The van der Waals surface area contributed by atoms with Gasteiger partial charge in [-0.15, -0.1) is 0 Å². The third-order valence-electron chi connectivity index (χ3n) is 2.73. The monoisotopic (exact) mass is 206 g/mol. The van der Waals surface area contributed by atoms with Crippen molar-refractivity contribution in [3.63, 3.8) is 0 Å². The van der Waals surface area contributed by atoms with Crippen molar-refractivity contribution in [1.29, 1.82) is 0 Å². The minimum Gasteiger partial charge on any atom is -0.248 e. The van der Waals surface area contributed by atoms with Crippen molar-refractivity contribution in [3.8, 4) is 0 Å². The van der Waals surface area contributed by atoms with E-state index in [2.05, 4.69) is 22.2 Å². The Morgan fingerprint density at radius 1 is 1.08 bits per heavy atom. The van der Waals surface area contributed by atoms with Gasteiger partial charge >= 0.3 is 10.4 Å². The fourth-order valence-electron chi connectivity index (χ4n) is 2.65. The Hall–Kier alpha value is -0.130. The van der Waals surface area contributed by atoms with Gasteiger partial charge in [-0.2, -0.15) is 8.42 Å². The van der Waals surface area contributed by atoms with Crippen molar-refractivity contribution >= 4 is 10.4 Å². The van der Waals surface area contributed by atoms with Crippen LogP contribution in [0.3, 0.4) is 0 Å². The second-order valence-corrected chi connectivity index (χ2v) is 6.24. The van der Waals surface area contributed by atoms with Crippen LogP contribution in [0.4, 0.5) is 0 Å². The van der Waals surface area contributed by atoms with Crippen molar-refractivity contribution in [2.75, 3.05) is 13.2 Å². The predicted molar refractivity (Wildman–Crippen MR) is 46.3 cm³/mol. The molecular formula is C8H14O4S. The highest BCUT2D eigenvalue weighted by Gasteiger charge is 2.52. The van der Waals surface area contributed by atoms with E-state index in [9.17, 15) is 8.42 Å². The average molecular weight is 206 g/mol. The molecule has 0 bridgehead atoms. The van der Waals surface area contributed by atoms with Crippen LogP contribution in [0.5, 0.6) is 0 Å². The second-order valence-electron chi connectivity index (χ2n) is 4.95. The molecule has 2 aliphatic rings. The summed E-state index contributed by atoms with van der Waals surface area (Å²) < 4.78 is 30.9. The molecule has 0 aromatic heterocycles. The zero-order chi connectivity index (χ0) is 9.74. The Morgan fingerprint density at radius 2 is 1.54 bits per heavy atom. The fourth-order valence-corrected chi connectivity index (χ4v) is 3.51. The van der Waals surface area contributed by atoms with Gasteiger partial charge in [-0.1, -0.05) is 13.8 Å². The maximum Gasteiger partial charge on any atom is 0.399 e. The highest BCUT2D eigenvalue weighted by Crippen LogP contribution is 2.55. The smallest absolute Gasteiger partial charge is 0.248 e. The Kier molecular flexibility index (Phi) is 1.78. The van der Waals surface area contributed by atoms with Crippen LogP contribution in [-0.2, 0) is 18.8 Å². The molecule has 1 spiro atoms. The third kappa shape index (κ3) is 1.73. The van der Waals surface area contributed by atoms with Gasteiger partial charge < -0.3 is 0 Å². The van der Waals surface area contributed by atoms with Gasteiger partial charge in [0.15, 0.2) is 0 Å². The Labute approximate surface area is 78.6 Å². The molecule has 2 fully saturated rings. The molecule has 5 heteroatoms. The zero-order valence-electron chi connectivity index (χ0n) is 7.87. The van der Waals surface area contributed by atoms with Gasteiger partial charge in [-0.3, -0.25) is 0 Å². The molecular weight excluding hydrogens is 192 g/mol. The molecule has 0 N–H and O–H groups in total. The molecule has 0 radical (unpaired) electrons. The van der Waals surface area contributed by atoms with Crippen LogP contribution in [0, 0.1) is 10.8 Å². The fraction of sp³-hybridized carbons (Fsp3) is 1.00. The maximum absolute atomic E-state index is 10.8. The highest BCUT2D eigenvalue weighted by atomic mass is 32.3. The van der Waals surface area contributed by atoms with Gasteiger partial charge in [0.2, 0.25) is 0 Å². The lowest BCUT2D eigenvalue weighted by Gasteiger charge is -2.53. The molecule has 4 nitrogen and oxygen atoms in total. The van der Waals surface area contributed by atoms with Gasteiger partial charge in [-0.25, -0.2) is 8.37 Å². The molecule has 0 atom stereocenters. The normalized spacial score (nSPS) is 34.0. The van der Waals surface area contributed by atoms with E-state index < -0.39 is 10.4 Å². The van der Waals surface area contributed by atoms with E-state index in [0.29, 0.717) is 18.6 Å². The molecule has 1 heterocycles. The summed E-state index contributed by atoms with van der Waals surface area (Å²) >= 11 is 0. The van der Waals surface area contributed by atoms with Crippen LogP contribution in [0.1, 0.15) is 26.7 Å². The Morgan fingerprint density at radius 3 is 1.92 bits per heavy atom. The standard InChI is InChI=1S/C8H14O4S/c1-7(2)3-8(4-7)5-11-13(9,10)12-6-8/h3-6H2,1-2H3. The molecule has 13 heavy (non-hydrogen) atoms. The lowest BCUT2D eigenvalue weighted by Crippen LogP contribution is -2.52. The Bertz CT molecular complexity index is 293. The summed E-state index contributed by atoms with van der Waals surface area (Å²) in [5, 5.41) is 0. The van der Waals surface area contributed by atoms with Gasteiger partial charge in [0.05, 0.1) is 13.2 Å². The molecule has 1 saturated heterocycles. The molecule has 2 rings (SSSR count). The van der Waals surface area contributed by atoms with Gasteiger partial charge in [0, 0.05) is 5.41 Å². The lowest BCUT2D eigenvalue weighted by molar-refractivity contribution is -0.0993. The topological polar surface area (TPSA) is 52.6 Å². The Balaban J connectivity index is 2.01. The van der Waals surface area contributed by atoms with Gasteiger partial charge in [0.25, 0.3) is 0 Å². The molecule has 1 aliphatic heterocycles. The van der Waals surface area contributed by atoms with Gasteiger partial charge in [0.1, 0.15) is 0 Å². The zero-order valence-corrected chi connectivity index (χ0v) is 8.69.